The van der Waals surface area contributed by atoms with Crippen molar-refractivity contribution in [3.63, 3.8) is 0 Å². The summed E-state index contributed by atoms with van der Waals surface area (Å²) < 4.78 is 36.5. The molecule has 0 unspecified atom stereocenters. The Labute approximate surface area is 162 Å². The second kappa shape index (κ2) is 8.10. The lowest BCUT2D eigenvalue weighted by Gasteiger charge is -2.24. The number of hydrogen-bond donors (Lipinski definition) is 1. The Morgan fingerprint density at radius 2 is 1.89 bits per heavy atom. The molecule has 2 aromatic rings. The summed E-state index contributed by atoms with van der Waals surface area (Å²) in [5.41, 5.74) is 0.956. The number of amides is 1. The van der Waals surface area contributed by atoms with Crippen LogP contribution in [-0.4, -0.2) is 46.6 Å². The first-order chi connectivity index (χ1) is 12.9. The molecule has 27 heavy (non-hydrogen) atoms. The van der Waals surface area contributed by atoms with Crippen LogP contribution in [0.4, 0.5) is 11.4 Å². The second-order valence-electron chi connectivity index (χ2n) is 5.88. The number of carbonyl (C=O) groups excluding carboxylic acids is 1. The van der Waals surface area contributed by atoms with Gasteiger partial charge in [0.15, 0.2) is 11.5 Å². The summed E-state index contributed by atoms with van der Waals surface area (Å²) in [6, 6.07) is 12.1. The number of nitrogens with one attached hydrogen (secondary N) is 1. The van der Waals surface area contributed by atoms with Crippen LogP contribution < -0.4 is 19.1 Å². The van der Waals surface area contributed by atoms with Gasteiger partial charge in [-0.2, -0.15) is 0 Å². The molecule has 0 saturated carbocycles. The Morgan fingerprint density at radius 3 is 2.59 bits per heavy atom. The molecule has 0 spiro atoms. The lowest BCUT2D eigenvalue weighted by molar-refractivity contribution is -0.114. The van der Waals surface area contributed by atoms with Crippen molar-refractivity contribution in [2.75, 3.05) is 41.9 Å². The molecule has 0 aromatic heterocycles. The fourth-order valence-electron chi connectivity index (χ4n) is 2.62. The van der Waals surface area contributed by atoms with Gasteiger partial charge in [0.2, 0.25) is 15.9 Å². The number of nitrogens with zero attached hydrogens (tertiary/aromatic N) is 1. The first-order valence-corrected chi connectivity index (χ1v) is 11.3. The smallest absolute Gasteiger partial charge is 0.245 e. The largest absolute Gasteiger partial charge is 0.486 e. The summed E-state index contributed by atoms with van der Waals surface area (Å²) in [4.78, 5) is 13.5. The van der Waals surface area contributed by atoms with Gasteiger partial charge in [-0.1, -0.05) is 6.07 Å². The fraction of sp³-hybridized carbons (Fsp3) is 0.278. The molecule has 1 aliphatic rings. The van der Waals surface area contributed by atoms with Crippen LogP contribution in [-0.2, 0) is 14.8 Å². The van der Waals surface area contributed by atoms with Crippen molar-refractivity contribution in [3.05, 3.63) is 42.5 Å². The van der Waals surface area contributed by atoms with Crippen molar-refractivity contribution in [1.82, 2.24) is 0 Å². The van der Waals surface area contributed by atoms with Crippen LogP contribution >= 0.6 is 11.8 Å². The molecular weight excluding hydrogens is 388 g/mol. The molecule has 0 radical (unpaired) electrons. The van der Waals surface area contributed by atoms with Gasteiger partial charge >= 0.3 is 0 Å². The number of sulfonamides is 1. The van der Waals surface area contributed by atoms with Crippen LogP contribution in [0.2, 0.25) is 0 Å². The van der Waals surface area contributed by atoms with E-state index in [0.717, 1.165) is 15.5 Å². The number of carbonyl (C=O) groups is 1. The van der Waals surface area contributed by atoms with Gasteiger partial charge < -0.3 is 14.8 Å². The Kier molecular flexibility index (Phi) is 5.81. The first-order valence-electron chi connectivity index (χ1n) is 8.18. The predicted molar refractivity (Wildman–Crippen MR) is 106 cm³/mol. The molecule has 7 nitrogen and oxygen atoms in total. The molecule has 0 aliphatic carbocycles. The number of anilines is 2. The molecule has 0 bridgehead atoms. The van der Waals surface area contributed by atoms with Crippen LogP contribution in [0.5, 0.6) is 11.5 Å². The zero-order valence-corrected chi connectivity index (χ0v) is 16.6. The zero-order chi connectivity index (χ0) is 19.4. The molecule has 0 fully saturated rings. The Hall–Kier alpha value is -2.39. The van der Waals surface area contributed by atoms with E-state index in [1.54, 1.807) is 36.0 Å². The van der Waals surface area contributed by atoms with E-state index in [9.17, 15) is 13.2 Å². The normalized spacial score (nSPS) is 13.1. The van der Waals surface area contributed by atoms with E-state index in [-0.39, 0.29) is 6.54 Å². The molecule has 9 heteroatoms. The highest BCUT2D eigenvalue weighted by Crippen LogP contribution is 2.34. The van der Waals surface area contributed by atoms with Gasteiger partial charge in [0.1, 0.15) is 19.8 Å². The fourth-order valence-corrected chi connectivity index (χ4v) is 3.93. The van der Waals surface area contributed by atoms with Gasteiger partial charge in [0, 0.05) is 16.6 Å². The number of rotatable bonds is 6. The molecule has 0 atom stereocenters. The Balaban J connectivity index is 1.80. The summed E-state index contributed by atoms with van der Waals surface area (Å²) in [6.45, 7) is 0.489. The second-order valence-corrected chi connectivity index (χ2v) is 8.66. The van der Waals surface area contributed by atoms with Crippen LogP contribution in [0.25, 0.3) is 0 Å². The van der Waals surface area contributed by atoms with Gasteiger partial charge in [-0.15, -0.1) is 11.8 Å². The SMILES string of the molecule is CSc1cccc(NC(=O)CN(c2ccc3c(c2)OCCO3)S(C)(=O)=O)c1. The zero-order valence-electron chi connectivity index (χ0n) is 15.0. The predicted octanol–water partition coefficient (Wildman–Crippen LogP) is 2.58. The molecule has 144 valence electrons. The summed E-state index contributed by atoms with van der Waals surface area (Å²) >= 11 is 1.55. The van der Waals surface area contributed by atoms with Gasteiger partial charge in [-0.25, -0.2) is 8.42 Å². The summed E-state index contributed by atoms with van der Waals surface area (Å²) in [7, 11) is -3.67. The summed E-state index contributed by atoms with van der Waals surface area (Å²) in [5, 5.41) is 2.74. The maximum atomic E-state index is 12.5. The van der Waals surface area contributed by atoms with E-state index in [4.69, 9.17) is 9.47 Å². The highest BCUT2D eigenvalue weighted by atomic mass is 32.2. The van der Waals surface area contributed by atoms with Gasteiger partial charge in [-0.05, 0) is 36.6 Å². The van der Waals surface area contributed by atoms with Crippen molar-refractivity contribution < 1.29 is 22.7 Å². The molecule has 0 saturated heterocycles. The molecule has 3 rings (SSSR count). The van der Waals surface area contributed by atoms with E-state index < -0.39 is 15.9 Å². The van der Waals surface area contributed by atoms with Crippen molar-refractivity contribution in [3.8, 4) is 11.5 Å². The van der Waals surface area contributed by atoms with Crippen molar-refractivity contribution >= 4 is 39.1 Å². The minimum atomic E-state index is -3.67. The minimum absolute atomic E-state index is 0.342. The lowest BCUT2D eigenvalue weighted by atomic mass is 10.2. The van der Waals surface area contributed by atoms with Crippen LogP contribution in [0.15, 0.2) is 47.4 Å². The maximum Gasteiger partial charge on any atom is 0.245 e. The van der Waals surface area contributed by atoms with Crippen molar-refractivity contribution in [2.24, 2.45) is 0 Å². The Bertz CT molecular complexity index is 947. The number of thioether (sulfide) groups is 1. The van der Waals surface area contributed by atoms with Crippen molar-refractivity contribution in [1.29, 1.82) is 0 Å². The highest BCUT2D eigenvalue weighted by molar-refractivity contribution is 7.98. The summed E-state index contributed by atoms with van der Waals surface area (Å²) in [6.07, 6.45) is 3.00. The van der Waals surface area contributed by atoms with E-state index in [1.807, 2.05) is 24.5 Å². The number of fused-ring (bicyclic) bond motifs is 1. The van der Waals surface area contributed by atoms with E-state index in [1.165, 1.54) is 0 Å². The van der Waals surface area contributed by atoms with Crippen LogP contribution in [0.3, 0.4) is 0 Å². The average molecular weight is 409 g/mol. The topological polar surface area (TPSA) is 84.9 Å². The maximum absolute atomic E-state index is 12.5. The molecule has 1 heterocycles. The average Bonchev–Trinajstić information content (AvgIpc) is 2.65. The van der Waals surface area contributed by atoms with E-state index >= 15 is 0 Å². The van der Waals surface area contributed by atoms with E-state index in [2.05, 4.69) is 5.32 Å². The van der Waals surface area contributed by atoms with E-state index in [0.29, 0.717) is 36.1 Å². The molecule has 1 aliphatic heterocycles. The van der Waals surface area contributed by atoms with Crippen molar-refractivity contribution in [2.45, 2.75) is 4.90 Å². The quantitative estimate of drug-likeness (QED) is 0.740. The monoisotopic (exact) mass is 408 g/mol. The third kappa shape index (κ3) is 4.86. The molecule has 1 amide bonds. The molecule has 1 N–H and O–H groups in total. The number of hydrogen-bond acceptors (Lipinski definition) is 6. The standard InChI is InChI=1S/C18H20N2O5S2/c1-26-15-5-3-4-13(10-15)19-18(21)12-20(27(2,22)23)14-6-7-16-17(11-14)25-9-8-24-16/h3-7,10-11H,8-9,12H2,1-2H3,(H,19,21). The van der Waals surface area contributed by atoms with Gasteiger partial charge in [-0.3, -0.25) is 9.10 Å². The van der Waals surface area contributed by atoms with Gasteiger partial charge in [0.25, 0.3) is 0 Å². The number of ether oxygens (including phenoxy) is 2. The third-order valence-corrected chi connectivity index (χ3v) is 5.72. The Morgan fingerprint density at radius 1 is 1.15 bits per heavy atom. The molecule has 2 aromatic carbocycles. The lowest BCUT2D eigenvalue weighted by Crippen LogP contribution is -2.37. The third-order valence-electron chi connectivity index (χ3n) is 3.85. The minimum Gasteiger partial charge on any atom is -0.486 e. The van der Waals surface area contributed by atoms with Gasteiger partial charge in [0.05, 0.1) is 11.9 Å². The molecular formula is C18H20N2O5S2. The number of benzene rings is 2. The van der Waals surface area contributed by atoms with Crippen LogP contribution in [0, 0.1) is 0 Å². The summed E-state index contributed by atoms with van der Waals surface area (Å²) in [5.74, 6) is 0.575. The first kappa shape index (κ1) is 19.4. The highest BCUT2D eigenvalue weighted by Gasteiger charge is 2.23. The van der Waals surface area contributed by atoms with Crippen LogP contribution in [0.1, 0.15) is 0 Å².